The average molecular weight is 223 g/mol. The molecule has 0 saturated carbocycles. The zero-order valence-corrected chi connectivity index (χ0v) is 7.74. The minimum absolute atomic E-state index is 0.0356. The molecule has 0 aliphatic heterocycles. The molecule has 1 nitrogen and oxygen atoms in total. The van der Waals surface area contributed by atoms with Crippen LogP contribution in [0.3, 0.4) is 0 Å². The van der Waals surface area contributed by atoms with Crippen molar-refractivity contribution >= 4 is 16.8 Å². The van der Waals surface area contributed by atoms with Crippen molar-refractivity contribution in [3.8, 4) is 0 Å². The van der Waals surface area contributed by atoms with Gasteiger partial charge < -0.3 is 0 Å². The molecule has 0 aliphatic rings. The summed E-state index contributed by atoms with van der Waals surface area (Å²) in [5.41, 5.74) is 0.204. The molecule has 0 aliphatic carbocycles. The maximum atomic E-state index is 12.6. The third-order valence-electron chi connectivity index (χ3n) is 1.65. The maximum absolute atomic E-state index is 12.6. The highest BCUT2D eigenvalue weighted by Gasteiger charge is 2.10. The van der Waals surface area contributed by atoms with E-state index >= 15 is 0 Å². The number of aryl methyl sites for hydroxylation is 1. The number of hydrogen-bond acceptors (Lipinski definition) is 1. The van der Waals surface area contributed by atoms with Crippen LogP contribution in [0.4, 0.5) is 13.2 Å². The lowest BCUT2D eigenvalue weighted by Crippen LogP contribution is -1.97. The first-order chi connectivity index (χ1) is 6.50. The fourth-order valence-corrected chi connectivity index (χ4v) is 1.09. The molecule has 0 spiro atoms. The van der Waals surface area contributed by atoms with Crippen molar-refractivity contribution in [1.82, 2.24) is 0 Å². The predicted octanol–water partition coefficient (Wildman–Crippen LogP) is 2.80. The Labute approximate surface area is 83.5 Å². The van der Waals surface area contributed by atoms with E-state index in [1.165, 1.54) is 0 Å². The molecule has 1 aromatic carbocycles. The van der Waals surface area contributed by atoms with Gasteiger partial charge in [0.2, 0.25) is 5.24 Å². The zero-order chi connectivity index (χ0) is 10.7. The van der Waals surface area contributed by atoms with Gasteiger partial charge in [-0.2, -0.15) is 0 Å². The summed E-state index contributed by atoms with van der Waals surface area (Å²) in [7, 11) is 0. The Hall–Kier alpha value is -1.03. The molecular weight excluding hydrogens is 217 g/mol. The molecule has 0 aromatic heterocycles. The SMILES string of the molecule is O=C(Cl)CCc1cc(F)c(F)c(F)c1. The van der Waals surface area contributed by atoms with Crippen molar-refractivity contribution < 1.29 is 18.0 Å². The number of rotatable bonds is 3. The van der Waals surface area contributed by atoms with Gasteiger partial charge in [0.15, 0.2) is 17.5 Å². The first-order valence-electron chi connectivity index (χ1n) is 3.82. The zero-order valence-electron chi connectivity index (χ0n) is 6.99. The fraction of sp³-hybridized carbons (Fsp3) is 0.222. The third kappa shape index (κ3) is 2.73. The number of hydrogen-bond donors (Lipinski definition) is 0. The van der Waals surface area contributed by atoms with Crippen LogP contribution < -0.4 is 0 Å². The molecule has 0 unspecified atom stereocenters. The molecule has 0 amide bonds. The lowest BCUT2D eigenvalue weighted by Gasteiger charge is -2.00. The monoisotopic (exact) mass is 222 g/mol. The van der Waals surface area contributed by atoms with Gasteiger partial charge in [-0.3, -0.25) is 4.79 Å². The van der Waals surface area contributed by atoms with E-state index in [0.717, 1.165) is 12.1 Å². The van der Waals surface area contributed by atoms with Gasteiger partial charge in [-0.15, -0.1) is 0 Å². The summed E-state index contributed by atoms with van der Waals surface area (Å²) < 4.78 is 37.7. The summed E-state index contributed by atoms with van der Waals surface area (Å²) in [5, 5.41) is -0.602. The van der Waals surface area contributed by atoms with Gasteiger partial charge >= 0.3 is 0 Å². The van der Waals surface area contributed by atoms with Gasteiger partial charge in [0.1, 0.15) is 0 Å². The van der Waals surface area contributed by atoms with Crippen molar-refractivity contribution in [3.63, 3.8) is 0 Å². The highest BCUT2D eigenvalue weighted by Crippen LogP contribution is 2.15. The minimum atomic E-state index is -1.51. The van der Waals surface area contributed by atoms with Crippen molar-refractivity contribution in [3.05, 3.63) is 35.1 Å². The Morgan fingerprint density at radius 3 is 2.14 bits per heavy atom. The van der Waals surface area contributed by atoms with Crippen LogP contribution in [0.15, 0.2) is 12.1 Å². The minimum Gasteiger partial charge on any atom is -0.281 e. The fourth-order valence-electron chi connectivity index (χ4n) is 0.995. The largest absolute Gasteiger partial charge is 0.281 e. The van der Waals surface area contributed by atoms with Crippen LogP contribution in [0.5, 0.6) is 0 Å². The van der Waals surface area contributed by atoms with Crippen LogP contribution >= 0.6 is 11.6 Å². The van der Waals surface area contributed by atoms with E-state index < -0.39 is 22.7 Å². The molecule has 1 aromatic rings. The Kier molecular flexibility index (Phi) is 3.52. The molecule has 0 radical (unpaired) electrons. The topological polar surface area (TPSA) is 17.1 Å². The van der Waals surface area contributed by atoms with Crippen molar-refractivity contribution in [1.29, 1.82) is 0 Å². The van der Waals surface area contributed by atoms with Gasteiger partial charge in [0, 0.05) is 6.42 Å². The smallest absolute Gasteiger partial charge is 0.221 e. The van der Waals surface area contributed by atoms with Crippen molar-refractivity contribution in [2.75, 3.05) is 0 Å². The first kappa shape index (κ1) is 11.0. The third-order valence-corrected chi connectivity index (χ3v) is 1.84. The van der Waals surface area contributed by atoms with E-state index in [9.17, 15) is 18.0 Å². The molecule has 0 saturated heterocycles. The molecule has 0 heterocycles. The molecule has 0 bridgehead atoms. The number of halogens is 4. The van der Waals surface area contributed by atoms with Crippen molar-refractivity contribution in [2.45, 2.75) is 12.8 Å². The van der Waals surface area contributed by atoms with E-state index in [1.54, 1.807) is 0 Å². The van der Waals surface area contributed by atoms with E-state index in [1.807, 2.05) is 0 Å². The summed E-state index contributed by atoms with van der Waals surface area (Å²) in [6, 6.07) is 1.69. The van der Waals surface area contributed by atoms with E-state index in [-0.39, 0.29) is 18.4 Å². The molecule has 0 N–H and O–H groups in total. The maximum Gasteiger partial charge on any atom is 0.221 e. The standard InChI is InChI=1S/C9H6ClF3O/c10-8(14)2-1-5-3-6(11)9(13)7(12)4-5/h3-4H,1-2H2. The van der Waals surface area contributed by atoms with Gasteiger partial charge in [-0.05, 0) is 35.7 Å². The van der Waals surface area contributed by atoms with Crippen LogP contribution in [-0.2, 0) is 11.2 Å². The molecule has 5 heteroatoms. The summed E-state index contributed by atoms with van der Waals surface area (Å²) in [4.78, 5) is 10.4. The molecule has 1 rings (SSSR count). The summed E-state index contributed by atoms with van der Waals surface area (Å²) in [5.74, 6) is -4.03. The lowest BCUT2D eigenvalue weighted by atomic mass is 10.1. The van der Waals surface area contributed by atoms with Crippen molar-refractivity contribution in [2.24, 2.45) is 0 Å². The molecule has 0 fully saturated rings. The van der Waals surface area contributed by atoms with E-state index in [4.69, 9.17) is 11.6 Å². The van der Waals surface area contributed by atoms with Gasteiger partial charge in [-0.25, -0.2) is 13.2 Å². The summed E-state index contributed by atoms with van der Waals surface area (Å²) in [6.07, 6.45) is 0.0581. The lowest BCUT2D eigenvalue weighted by molar-refractivity contribution is -0.111. The summed E-state index contributed by atoms with van der Waals surface area (Å²) in [6.45, 7) is 0. The highest BCUT2D eigenvalue weighted by molar-refractivity contribution is 6.63. The van der Waals surface area contributed by atoms with Gasteiger partial charge in [0.05, 0.1) is 0 Å². The quantitative estimate of drug-likeness (QED) is 0.568. The second kappa shape index (κ2) is 4.46. The van der Waals surface area contributed by atoms with Crippen LogP contribution in [-0.4, -0.2) is 5.24 Å². The Balaban J connectivity index is 2.84. The number of benzene rings is 1. The number of carbonyl (C=O) groups excluding carboxylic acids is 1. The number of carbonyl (C=O) groups is 1. The molecule has 14 heavy (non-hydrogen) atoms. The van der Waals surface area contributed by atoms with Gasteiger partial charge in [-0.1, -0.05) is 0 Å². The normalized spacial score (nSPS) is 10.3. The first-order valence-corrected chi connectivity index (χ1v) is 4.20. The van der Waals surface area contributed by atoms with E-state index in [0.29, 0.717) is 0 Å². The molecule has 76 valence electrons. The average Bonchev–Trinajstić information content (AvgIpc) is 2.10. The van der Waals surface area contributed by atoms with Crippen LogP contribution in [0, 0.1) is 17.5 Å². The predicted molar refractivity (Wildman–Crippen MR) is 45.5 cm³/mol. The van der Waals surface area contributed by atoms with Gasteiger partial charge in [0.25, 0.3) is 0 Å². The van der Waals surface area contributed by atoms with Crippen LogP contribution in [0.1, 0.15) is 12.0 Å². The van der Waals surface area contributed by atoms with E-state index in [2.05, 4.69) is 0 Å². The second-order valence-corrected chi connectivity index (χ2v) is 3.15. The van der Waals surface area contributed by atoms with Crippen LogP contribution in [0.2, 0.25) is 0 Å². The highest BCUT2D eigenvalue weighted by atomic mass is 35.5. The van der Waals surface area contributed by atoms with Crippen LogP contribution in [0.25, 0.3) is 0 Å². The summed E-state index contributed by atoms with van der Waals surface area (Å²) >= 11 is 5.04. The second-order valence-electron chi connectivity index (χ2n) is 2.73. The Morgan fingerprint density at radius 2 is 1.71 bits per heavy atom. The molecular formula is C9H6ClF3O. The Bertz CT molecular complexity index is 342. The molecule has 0 atom stereocenters. The Morgan fingerprint density at radius 1 is 1.21 bits per heavy atom.